The van der Waals surface area contributed by atoms with Crippen LogP contribution in [0.4, 0.5) is 0 Å². The van der Waals surface area contributed by atoms with Crippen LogP contribution in [-0.4, -0.2) is 25.2 Å². The SMILES string of the molecule is CSc1ccc(-c2ccc(C3CCNCC3)cc2)c(/C(=N/N)NN)c1. The molecular weight excluding hydrogens is 330 g/mol. The first kappa shape index (κ1) is 17.8. The van der Waals surface area contributed by atoms with Gasteiger partial charge in [0.25, 0.3) is 0 Å². The van der Waals surface area contributed by atoms with E-state index >= 15 is 0 Å². The van der Waals surface area contributed by atoms with Gasteiger partial charge >= 0.3 is 0 Å². The minimum Gasteiger partial charge on any atom is -0.321 e. The van der Waals surface area contributed by atoms with Gasteiger partial charge in [-0.15, -0.1) is 11.8 Å². The monoisotopic (exact) mass is 355 g/mol. The second kappa shape index (κ2) is 8.38. The molecule has 1 fully saturated rings. The Hall–Kier alpha value is -2.02. The molecule has 6 N–H and O–H groups in total. The highest BCUT2D eigenvalue weighted by atomic mass is 32.2. The Balaban J connectivity index is 1.95. The average Bonchev–Trinajstić information content (AvgIpc) is 2.70. The fraction of sp³-hybridized carbons (Fsp3) is 0.316. The van der Waals surface area contributed by atoms with E-state index in [0.29, 0.717) is 11.8 Å². The van der Waals surface area contributed by atoms with Crippen LogP contribution in [0.15, 0.2) is 52.5 Å². The van der Waals surface area contributed by atoms with Crippen LogP contribution < -0.4 is 22.4 Å². The van der Waals surface area contributed by atoms with Crippen molar-refractivity contribution < 1.29 is 0 Å². The summed E-state index contributed by atoms with van der Waals surface area (Å²) < 4.78 is 0. The molecule has 1 aliphatic heterocycles. The summed E-state index contributed by atoms with van der Waals surface area (Å²) >= 11 is 1.68. The van der Waals surface area contributed by atoms with Crippen molar-refractivity contribution in [3.8, 4) is 11.1 Å². The third kappa shape index (κ3) is 3.98. The second-order valence-electron chi connectivity index (χ2n) is 6.18. The summed E-state index contributed by atoms with van der Waals surface area (Å²) in [5.41, 5.74) is 7.13. The molecule has 3 rings (SSSR count). The van der Waals surface area contributed by atoms with Gasteiger partial charge in [-0.25, -0.2) is 5.84 Å². The lowest BCUT2D eigenvalue weighted by Crippen LogP contribution is -2.32. The molecule has 0 spiro atoms. The number of piperidine rings is 1. The predicted molar refractivity (Wildman–Crippen MR) is 107 cm³/mol. The molecule has 0 saturated carbocycles. The minimum absolute atomic E-state index is 0.480. The summed E-state index contributed by atoms with van der Waals surface area (Å²) in [5, 5.41) is 7.21. The van der Waals surface area contributed by atoms with Gasteiger partial charge in [0.1, 0.15) is 0 Å². The minimum atomic E-state index is 0.480. The lowest BCUT2D eigenvalue weighted by molar-refractivity contribution is 0.460. The number of hydrogen-bond acceptors (Lipinski definition) is 5. The van der Waals surface area contributed by atoms with E-state index in [1.54, 1.807) is 11.8 Å². The third-order valence-corrected chi connectivity index (χ3v) is 5.51. The number of nitrogens with two attached hydrogens (primary N) is 2. The molecule has 132 valence electrons. The molecule has 1 saturated heterocycles. The maximum Gasteiger partial charge on any atom is 0.167 e. The van der Waals surface area contributed by atoms with Crippen molar-refractivity contribution in [1.29, 1.82) is 0 Å². The zero-order chi connectivity index (χ0) is 17.6. The molecule has 0 amide bonds. The van der Waals surface area contributed by atoms with Gasteiger partial charge in [0.05, 0.1) is 0 Å². The molecule has 25 heavy (non-hydrogen) atoms. The van der Waals surface area contributed by atoms with E-state index in [-0.39, 0.29) is 0 Å². The molecule has 5 nitrogen and oxygen atoms in total. The Labute approximate surface area is 153 Å². The lowest BCUT2D eigenvalue weighted by Gasteiger charge is -2.23. The standard InChI is InChI=1S/C19H25N5S/c1-25-16-6-7-17(18(12-16)19(23-20)24-21)15-4-2-13(3-5-15)14-8-10-22-11-9-14/h2-7,12,14,22H,8-11,20-21H2,1H3,(H,23,24). The lowest BCUT2D eigenvalue weighted by atomic mass is 9.89. The van der Waals surface area contributed by atoms with Gasteiger partial charge in [-0.3, -0.25) is 0 Å². The zero-order valence-corrected chi connectivity index (χ0v) is 15.3. The molecular formula is C19H25N5S. The van der Waals surface area contributed by atoms with Crippen molar-refractivity contribution in [2.75, 3.05) is 19.3 Å². The van der Waals surface area contributed by atoms with Crippen molar-refractivity contribution in [1.82, 2.24) is 10.7 Å². The van der Waals surface area contributed by atoms with Gasteiger partial charge < -0.3 is 16.6 Å². The van der Waals surface area contributed by atoms with Crippen molar-refractivity contribution in [2.45, 2.75) is 23.7 Å². The van der Waals surface area contributed by atoms with E-state index in [2.05, 4.69) is 58.3 Å². The van der Waals surface area contributed by atoms with Crippen molar-refractivity contribution in [2.24, 2.45) is 16.8 Å². The van der Waals surface area contributed by atoms with Gasteiger partial charge in [-0.05, 0) is 66.9 Å². The molecule has 0 aliphatic carbocycles. The molecule has 6 heteroatoms. The first-order valence-electron chi connectivity index (χ1n) is 8.50. The van der Waals surface area contributed by atoms with E-state index in [4.69, 9.17) is 11.7 Å². The van der Waals surface area contributed by atoms with Crippen LogP contribution in [0.25, 0.3) is 11.1 Å². The Kier molecular flexibility index (Phi) is 5.96. The van der Waals surface area contributed by atoms with Gasteiger partial charge in [-0.2, -0.15) is 5.10 Å². The zero-order valence-electron chi connectivity index (χ0n) is 14.5. The normalized spacial score (nSPS) is 16.0. The quantitative estimate of drug-likeness (QED) is 0.223. The number of nitrogens with one attached hydrogen (secondary N) is 2. The summed E-state index contributed by atoms with van der Waals surface area (Å²) in [5.74, 6) is 12.2. The number of hydrogen-bond donors (Lipinski definition) is 4. The molecule has 0 aromatic heterocycles. The first-order chi connectivity index (χ1) is 12.3. The Morgan fingerprint density at radius 2 is 1.88 bits per heavy atom. The fourth-order valence-corrected chi connectivity index (χ4v) is 3.81. The number of amidine groups is 1. The Bertz CT molecular complexity index is 736. The fourth-order valence-electron chi connectivity index (χ4n) is 3.37. The van der Waals surface area contributed by atoms with Crippen LogP contribution in [0.2, 0.25) is 0 Å². The second-order valence-corrected chi connectivity index (χ2v) is 7.06. The van der Waals surface area contributed by atoms with E-state index < -0.39 is 0 Å². The molecule has 1 aliphatic rings. The number of rotatable bonds is 4. The molecule has 0 radical (unpaired) electrons. The largest absolute Gasteiger partial charge is 0.321 e. The van der Waals surface area contributed by atoms with Crippen molar-refractivity contribution in [3.05, 3.63) is 53.6 Å². The summed E-state index contributed by atoms with van der Waals surface area (Å²) in [7, 11) is 0. The van der Waals surface area contributed by atoms with Crippen LogP contribution in [0.1, 0.15) is 29.9 Å². The highest BCUT2D eigenvalue weighted by Crippen LogP contribution is 2.31. The van der Waals surface area contributed by atoms with Crippen LogP contribution in [-0.2, 0) is 0 Å². The number of thioether (sulfide) groups is 1. The smallest absolute Gasteiger partial charge is 0.167 e. The number of benzene rings is 2. The van der Waals surface area contributed by atoms with Crippen molar-refractivity contribution in [3.63, 3.8) is 0 Å². The highest BCUT2D eigenvalue weighted by Gasteiger charge is 2.16. The predicted octanol–water partition coefficient (Wildman–Crippen LogP) is 2.63. The van der Waals surface area contributed by atoms with Gasteiger partial charge in [0.15, 0.2) is 5.84 Å². The number of hydrazone groups is 1. The molecule has 1 heterocycles. The summed E-state index contributed by atoms with van der Waals surface area (Å²) in [6.45, 7) is 2.20. The van der Waals surface area contributed by atoms with Crippen LogP contribution in [0, 0.1) is 0 Å². The van der Waals surface area contributed by atoms with Crippen LogP contribution in [0.3, 0.4) is 0 Å². The highest BCUT2D eigenvalue weighted by molar-refractivity contribution is 7.98. The summed E-state index contributed by atoms with van der Waals surface area (Å²) in [6, 6.07) is 15.1. The van der Waals surface area contributed by atoms with Gasteiger partial charge in [0, 0.05) is 10.5 Å². The van der Waals surface area contributed by atoms with E-state index in [9.17, 15) is 0 Å². The van der Waals surface area contributed by atoms with E-state index in [1.165, 1.54) is 18.4 Å². The molecule has 0 bridgehead atoms. The molecule has 2 aromatic carbocycles. The molecule has 0 unspecified atom stereocenters. The van der Waals surface area contributed by atoms with E-state index in [1.807, 2.05) is 6.26 Å². The van der Waals surface area contributed by atoms with Gasteiger partial charge in [-0.1, -0.05) is 30.3 Å². The number of hydrazine groups is 1. The number of nitrogens with zero attached hydrogens (tertiary/aromatic N) is 1. The first-order valence-corrected chi connectivity index (χ1v) is 9.73. The topological polar surface area (TPSA) is 88.5 Å². The average molecular weight is 356 g/mol. The van der Waals surface area contributed by atoms with Gasteiger partial charge in [0.2, 0.25) is 0 Å². The summed E-state index contributed by atoms with van der Waals surface area (Å²) in [6.07, 6.45) is 4.45. The maximum absolute atomic E-state index is 5.60. The summed E-state index contributed by atoms with van der Waals surface area (Å²) in [4.78, 5) is 1.14. The Morgan fingerprint density at radius 3 is 2.48 bits per heavy atom. The van der Waals surface area contributed by atoms with Crippen LogP contribution >= 0.6 is 11.8 Å². The molecule has 0 atom stereocenters. The van der Waals surface area contributed by atoms with Crippen LogP contribution in [0.5, 0.6) is 0 Å². The van der Waals surface area contributed by atoms with E-state index in [0.717, 1.165) is 34.7 Å². The third-order valence-electron chi connectivity index (χ3n) is 4.78. The van der Waals surface area contributed by atoms with Crippen molar-refractivity contribution >= 4 is 17.6 Å². The Morgan fingerprint density at radius 1 is 1.16 bits per heavy atom. The maximum atomic E-state index is 5.60. The molecule has 2 aromatic rings.